The van der Waals surface area contributed by atoms with Crippen molar-refractivity contribution in [2.45, 2.75) is 31.0 Å². The lowest BCUT2D eigenvalue weighted by molar-refractivity contribution is -0.117. The molecule has 19 heavy (non-hydrogen) atoms. The third-order valence-electron chi connectivity index (χ3n) is 4.32. The number of nitrogens with two attached hydrogens (primary N) is 1. The summed E-state index contributed by atoms with van der Waals surface area (Å²) in [7, 11) is 0. The van der Waals surface area contributed by atoms with Crippen LogP contribution < -0.4 is 5.73 Å². The highest BCUT2D eigenvalue weighted by Crippen LogP contribution is 2.40. The maximum absolute atomic E-state index is 10.5. The molecule has 4 heteroatoms. The Labute approximate surface area is 113 Å². The van der Waals surface area contributed by atoms with E-state index in [0.717, 1.165) is 37.1 Å². The van der Waals surface area contributed by atoms with Gasteiger partial charge >= 0.3 is 0 Å². The van der Waals surface area contributed by atoms with Gasteiger partial charge in [0.1, 0.15) is 0 Å². The molecule has 3 rings (SSSR count). The van der Waals surface area contributed by atoms with Gasteiger partial charge in [0.25, 0.3) is 0 Å². The van der Waals surface area contributed by atoms with Gasteiger partial charge in [-0.05, 0) is 36.5 Å². The van der Waals surface area contributed by atoms with E-state index in [2.05, 4.69) is 0 Å². The minimum atomic E-state index is -0.443. The van der Waals surface area contributed by atoms with Crippen molar-refractivity contribution in [3.63, 3.8) is 0 Å². The molecule has 0 aromatic heterocycles. The van der Waals surface area contributed by atoms with Crippen molar-refractivity contribution in [2.24, 2.45) is 5.92 Å². The third-order valence-corrected chi connectivity index (χ3v) is 4.32. The Morgan fingerprint density at radius 2 is 2.05 bits per heavy atom. The molecule has 0 radical (unpaired) electrons. The fourth-order valence-electron chi connectivity index (χ4n) is 3.16. The monoisotopic (exact) mass is 263 g/mol. The van der Waals surface area contributed by atoms with E-state index in [-0.39, 0.29) is 11.5 Å². The molecular weight excluding hydrogens is 242 g/mol. The van der Waals surface area contributed by atoms with E-state index in [1.165, 1.54) is 0 Å². The number of aliphatic hydroxyl groups excluding tert-OH is 1. The fraction of sp³-hybridized carbons (Fsp3) is 0.600. The van der Waals surface area contributed by atoms with Crippen molar-refractivity contribution >= 4 is 5.69 Å². The van der Waals surface area contributed by atoms with Crippen LogP contribution in [-0.4, -0.2) is 30.5 Å². The van der Waals surface area contributed by atoms with Crippen molar-refractivity contribution in [3.8, 4) is 0 Å². The lowest BCUT2D eigenvalue weighted by atomic mass is 9.80. The average Bonchev–Trinajstić information content (AvgIpc) is 2.87. The zero-order valence-corrected chi connectivity index (χ0v) is 11.0. The minimum Gasteiger partial charge on any atom is -0.399 e. The number of rotatable bonds is 2. The van der Waals surface area contributed by atoms with Crippen LogP contribution >= 0.6 is 0 Å². The van der Waals surface area contributed by atoms with Crippen molar-refractivity contribution in [1.29, 1.82) is 0 Å². The van der Waals surface area contributed by atoms with E-state index in [0.29, 0.717) is 13.2 Å². The molecule has 104 valence electrons. The second-order valence-electron chi connectivity index (χ2n) is 5.70. The number of nitrogen functional groups attached to an aromatic ring is 1. The molecule has 0 saturated carbocycles. The molecule has 3 atom stereocenters. The lowest BCUT2D eigenvalue weighted by Crippen LogP contribution is -2.41. The normalized spacial score (nSPS) is 32.6. The Kier molecular flexibility index (Phi) is 3.48. The quantitative estimate of drug-likeness (QED) is 0.800. The standard InChI is InChI=1S/C15H21NO3/c16-13-3-1-11(2-4-13)14(17)12-5-7-19-15(9-12)6-8-18-10-15/h1-4,12,14,17H,5-10,16H2. The van der Waals surface area contributed by atoms with E-state index >= 15 is 0 Å². The summed E-state index contributed by atoms with van der Waals surface area (Å²) in [6, 6.07) is 7.50. The summed E-state index contributed by atoms with van der Waals surface area (Å²) in [6.45, 7) is 2.14. The number of anilines is 1. The predicted molar refractivity (Wildman–Crippen MR) is 72.7 cm³/mol. The topological polar surface area (TPSA) is 64.7 Å². The molecule has 0 amide bonds. The molecule has 1 spiro atoms. The second kappa shape index (κ2) is 5.12. The first kappa shape index (κ1) is 12.9. The second-order valence-corrected chi connectivity index (χ2v) is 5.70. The first-order valence-corrected chi connectivity index (χ1v) is 6.94. The van der Waals surface area contributed by atoms with Crippen LogP contribution in [0.5, 0.6) is 0 Å². The van der Waals surface area contributed by atoms with Gasteiger partial charge in [0, 0.05) is 25.3 Å². The van der Waals surface area contributed by atoms with E-state index in [1.54, 1.807) is 0 Å². The number of hydrogen-bond donors (Lipinski definition) is 2. The van der Waals surface area contributed by atoms with Crippen LogP contribution in [0.3, 0.4) is 0 Å². The minimum absolute atomic E-state index is 0.155. The third kappa shape index (κ3) is 2.61. The van der Waals surface area contributed by atoms with Crippen molar-refractivity contribution in [3.05, 3.63) is 29.8 Å². The van der Waals surface area contributed by atoms with Gasteiger partial charge in [-0.1, -0.05) is 12.1 Å². The van der Waals surface area contributed by atoms with Crippen LogP contribution in [0.1, 0.15) is 30.9 Å². The highest BCUT2D eigenvalue weighted by molar-refractivity contribution is 5.40. The molecule has 1 aromatic rings. The highest BCUT2D eigenvalue weighted by atomic mass is 16.6. The van der Waals surface area contributed by atoms with Crippen LogP contribution in [0.4, 0.5) is 5.69 Å². The number of benzene rings is 1. The molecule has 3 unspecified atom stereocenters. The van der Waals surface area contributed by atoms with Gasteiger partial charge in [0.05, 0.1) is 18.3 Å². The predicted octanol–water partition coefficient (Wildman–Crippen LogP) is 1.89. The zero-order valence-electron chi connectivity index (χ0n) is 11.0. The summed E-state index contributed by atoms with van der Waals surface area (Å²) in [6.07, 6.45) is 2.27. The molecule has 0 bridgehead atoms. The molecular formula is C15H21NO3. The maximum Gasteiger partial charge on any atom is 0.0940 e. The van der Waals surface area contributed by atoms with Gasteiger partial charge in [0.15, 0.2) is 0 Å². The molecule has 3 N–H and O–H groups in total. The van der Waals surface area contributed by atoms with Gasteiger partial charge in [-0.15, -0.1) is 0 Å². The summed E-state index contributed by atoms with van der Waals surface area (Å²) >= 11 is 0. The Morgan fingerprint density at radius 3 is 2.74 bits per heavy atom. The Morgan fingerprint density at radius 1 is 1.26 bits per heavy atom. The summed E-state index contributed by atoms with van der Waals surface area (Å²) in [5, 5.41) is 10.5. The molecule has 2 aliphatic heterocycles. The summed E-state index contributed by atoms with van der Waals surface area (Å²) in [5.41, 5.74) is 7.19. The lowest BCUT2D eigenvalue weighted by Gasteiger charge is -2.39. The van der Waals surface area contributed by atoms with Gasteiger partial charge in [-0.2, -0.15) is 0 Å². The number of ether oxygens (including phenoxy) is 2. The summed E-state index contributed by atoms with van der Waals surface area (Å²) in [4.78, 5) is 0. The van der Waals surface area contributed by atoms with Gasteiger partial charge in [-0.3, -0.25) is 0 Å². The van der Waals surface area contributed by atoms with Crippen molar-refractivity contribution < 1.29 is 14.6 Å². The molecule has 2 saturated heterocycles. The molecule has 2 aliphatic rings. The zero-order chi connectivity index (χ0) is 13.3. The van der Waals surface area contributed by atoms with E-state index in [4.69, 9.17) is 15.2 Å². The molecule has 4 nitrogen and oxygen atoms in total. The summed E-state index contributed by atoms with van der Waals surface area (Å²) in [5.74, 6) is 0.235. The Bertz CT molecular complexity index is 426. The van der Waals surface area contributed by atoms with E-state index in [9.17, 15) is 5.11 Å². The van der Waals surface area contributed by atoms with Crippen LogP contribution in [0, 0.1) is 5.92 Å². The first-order chi connectivity index (χ1) is 9.19. The smallest absolute Gasteiger partial charge is 0.0940 e. The molecule has 2 fully saturated rings. The highest BCUT2D eigenvalue weighted by Gasteiger charge is 2.42. The van der Waals surface area contributed by atoms with E-state index in [1.807, 2.05) is 24.3 Å². The fourth-order valence-corrected chi connectivity index (χ4v) is 3.16. The first-order valence-electron chi connectivity index (χ1n) is 6.94. The van der Waals surface area contributed by atoms with Gasteiger partial charge < -0.3 is 20.3 Å². The number of hydrogen-bond acceptors (Lipinski definition) is 4. The Hall–Kier alpha value is -1.10. The molecule has 2 heterocycles. The average molecular weight is 263 g/mol. The van der Waals surface area contributed by atoms with Gasteiger partial charge in [0.2, 0.25) is 0 Å². The van der Waals surface area contributed by atoms with Gasteiger partial charge in [-0.25, -0.2) is 0 Å². The van der Waals surface area contributed by atoms with Crippen LogP contribution in [0.25, 0.3) is 0 Å². The summed E-state index contributed by atoms with van der Waals surface area (Å²) < 4.78 is 11.4. The van der Waals surface area contributed by atoms with Crippen molar-refractivity contribution in [2.75, 3.05) is 25.6 Å². The Balaban J connectivity index is 1.72. The van der Waals surface area contributed by atoms with Crippen LogP contribution in [0.2, 0.25) is 0 Å². The van der Waals surface area contributed by atoms with Crippen molar-refractivity contribution in [1.82, 2.24) is 0 Å². The SMILES string of the molecule is Nc1ccc(C(O)C2CCOC3(CCOC3)C2)cc1. The van der Waals surface area contributed by atoms with Crippen LogP contribution in [0.15, 0.2) is 24.3 Å². The number of aliphatic hydroxyl groups is 1. The van der Waals surface area contributed by atoms with E-state index < -0.39 is 6.10 Å². The largest absolute Gasteiger partial charge is 0.399 e. The molecule has 0 aliphatic carbocycles. The molecule has 1 aromatic carbocycles. The van der Waals surface area contributed by atoms with Crippen LogP contribution in [-0.2, 0) is 9.47 Å². The maximum atomic E-state index is 10.5.